The van der Waals surface area contributed by atoms with E-state index in [4.69, 9.17) is 0 Å². The van der Waals surface area contributed by atoms with Crippen molar-refractivity contribution in [3.63, 3.8) is 0 Å². The Kier molecular flexibility index (Phi) is 1.83. The van der Waals surface area contributed by atoms with E-state index in [1.807, 2.05) is 19.4 Å². The first kappa shape index (κ1) is 8.64. The van der Waals surface area contributed by atoms with Gasteiger partial charge in [0.05, 0.1) is 11.8 Å². The zero-order valence-electron chi connectivity index (χ0n) is 8.72. The highest BCUT2D eigenvalue weighted by Gasteiger charge is 2.17. The van der Waals surface area contributed by atoms with E-state index < -0.39 is 0 Å². The van der Waals surface area contributed by atoms with Gasteiger partial charge in [0.15, 0.2) is 5.82 Å². The number of fused-ring (bicyclic) bond motifs is 1. The predicted octanol–water partition coefficient (Wildman–Crippen LogP) is 1.01. The van der Waals surface area contributed by atoms with Crippen molar-refractivity contribution in [1.82, 2.24) is 24.5 Å². The van der Waals surface area contributed by atoms with Crippen molar-refractivity contribution in [1.29, 1.82) is 0 Å². The molecule has 0 saturated heterocycles. The highest BCUT2D eigenvalue weighted by Crippen LogP contribution is 2.21. The summed E-state index contributed by atoms with van der Waals surface area (Å²) in [6, 6.07) is 0. The van der Waals surface area contributed by atoms with Crippen molar-refractivity contribution in [3.05, 3.63) is 18.2 Å². The van der Waals surface area contributed by atoms with E-state index >= 15 is 0 Å². The molecule has 0 unspecified atom stereocenters. The van der Waals surface area contributed by atoms with Crippen molar-refractivity contribution < 1.29 is 0 Å². The summed E-state index contributed by atoms with van der Waals surface area (Å²) in [6.45, 7) is 1.03. The minimum atomic E-state index is 0.956. The van der Waals surface area contributed by atoms with Crippen molar-refractivity contribution in [3.8, 4) is 11.4 Å². The van der Waals surface area contributed by atoms with Gasteiger partial charge in [0.1, 0.15) is 5.82 Å². The van der Waals surface area contributed by atoms with Crippen LogP contribution in [0.3, 0.4) is 0 Å². The van der Waals surface area contributed by atoms with Gasteiger partial charge in [-0.05, 0) is 12.8 Å². The molecule has 0 aromatic carbocycles. The fourth-order valence-electron chi connectivity index (χ4n) is 2.06. The summed E-state index contributed by atoms with van der Waals surface area (Å²) in [5.41, 5.74) is 1.05. The van der Waals surface area contributed by atoms with Crippen LogP contribution >= 0.6 is 0 Å². The minimum absolute atomic E-state index is 0.956. The smallest absolute Gasteiger partial charge is 0.167 e. The maximum Gasteiger partial charge on any atom is 0.167 e. The molecular weight excluding hydrogens is 190 g/mol. The van der Waals surface area contributed by atoms with Gasteiger partial charge in [0.25, 0.3) is 0 Å². The Labute approximate surface area is 87.7 Å². The van der Waals surface area contributed by atoms with Crippen molar-refractivity contribution in [2.45, 2.75) is 25.8 Å². The van der Waals surface area contributed by atoms with Crippen LogP contribution in [-0.2, 0) is 20.0 Å². The summed E-state index contributed by atoms with van der Waals surface area (Å²) < 4.78 is 4.00. The standard InChI is InChI=1S/C10H13N5/c1-14-7-8(6-11-14)10-13-12-9-4-2-3-5-15(9)10/h6-7H,2-5H2,1H3. The average molecular weight is 203 g/mol. The molecule has 0 amide bonds. The molecule has 0 aliphatic carbocycles. The lowest BCUT2D eigenvalue weighted by Gasteiger charge is -2.13. The number of rotatable bonds is 1. The first-order valence-corrected chi connectivity index (χ1v) is 5.26. The zero-order valence-corrected chi connectivity index (χ0v) is 8.72. The predicted molar refractivity (Wildman–Crippen MR) is 55.2 cm³/mol. The number of hydrogen-bond donors (Lipinski definition) is 0. The Morgan fingerprint density at radius 2 is 2.20 bits per heavy atom. The van der Waals surface area contributed by atoms with Gasteiger partial charge in [-0.3, -0.25) is 4.68 Å². The van der Waals surface area contributed by atoms with Gasteiger partial charge in [0, 0.05) is 26.2 Å². The molecule has 78 valence electrons. The maximum atomic E-state index is 4.24. The molecule has 2 aromatic heterocycles. The monoisotopic (exact) mass is 203 g/mol. The van der Waals surface area contributed by atoms with E-state index in [1.54, 1.807) is 4.68 Å². The van der Waals surface area contributed by atoms with Crippen LogP contribution in [0.1, 0.15) is 18.7 Å². The first-order chi connectivity index (χ1) is 7.34. The second-order valence-corrected chi connectivity index (χ2v) is 3.95. The Balaban J connectivity index is 2.08. The topological polar surface area (TPSA) is 48.5 Å². The molecule has 0 fully saturated rings. The average Bonchev–Trinajstić information content (AvgIpc) is 2.83. The van der Waals surface area contributed by atoms with Crippen LogP contribution in [0, 0.1) is 0 Å². The van der Waals surface area contributed by atoms with Crippen LogP contribution < -0.4 is 0 Å². The molecule has 5 nitrogen and oxygen atoms in total. The quantitative estimate of drug-likeness (QED) is 0.695. The zero-order chi connectivity index (χ0) is 10.3. The minimum Gasteiger partial charge on any atom is -0.311 e. The van der Waals surface area contributed by atoms with Gasteiger partial charge in [-0.25, -0.2) is 0 Å². The van der Waals surface area contributed by atoms with E-state index in [0.29, 0.717) is 0 Å². The molecule has 0 radical (unpaired) electrons. The molecule has 0 N–H and O–H groups in total. The van der Waals surface area contributed by atoms with Gasteiger partial charge in [-0.2, -0.15) is 5.10 Å². The largest absolute Gasteiger partial charge is 0.311 e. The molecule has 15 heavy (non-hydrogen) atoms. The number of hydrogen-bond acceptors (Lipinski definition) is 3. The van der Waals surface area contributed by atoms with Gasteiger partial charge < -0.3 is 4.57 Å². The highest BCUT2D eigenvalue weighted by atomic mass is 15.3. The van der Waals surface area contributed by atoms with Crippen molar-refractivity contribution >= 4 is 0 Å². The summed E-state index contributed by atoms with van der Waals surface area (Å²) in [5.74, 6) is 2.07. The van der Waals surface area contributed by atoms with Gasteiger partial charge >= 0.3 is 0 Å². The molecule has 3 rings (SSSR count). The Hall–Kier alpha value is -1.65. The van der Waals surface area contributed by atoms with Crippen LogP contribution in [0.2, 0.25) is 0 Å². The summed E-state index contributed by atoms with van der Waals surface area (Å²) in [4.78, 5) is 0. The molecule has 1 aliphatic heterocycles. The van der Waals surface area contributed by atoms with Crippen LogP contribution in [-0.4, -0.2) is 24.5 Å². The second kappa shape index (κ2) is 3.18. The molecule has 5 heteroatoms. The highest BCUT2D eigenvalue weighted by molar-refractivity contribution is 5.52. The third kappa shape index (κ3) is 1.35. The van der Waals surface area contributed by atoms with Gasteiger partial charge in [-0.1, -0.05) is 0 Å². The number of aryl methyl sites for hydroxylation is 2. The van der Waals surface area contributed by atoms with E-state index in [-0.39, 0.29) is 0 Å². The molecule has 0 bridgehead atoms. The van der Waals surface area contributed by atoms with Crippen molar-refractivity contribution in [2.24, 2.45) is 7.05 Å². The van der Waals surface area contributed by atoms with Gasteiger partial charge in [-0.15, -0.1) is 10.2 Å². The molecule has 1 aliphatic rings. The molecule has 3 heterocycles. The summed E-state index contributed by atoms with van der Waals surface area (Å²) in [7, 11) is 1.91. The SMILES string of the molecule is Cn1cc(-c2nnc3n2CCCC3)cn1. The lowest BCUT2D eigenvalue weighted by molar-refractivity contribution is 0.526. The summed E-state index contributed by atoms with van der Waals surface area (Å²) in [6.07, 6.45) is 7.31. The van der Waals surface area contributed by atoms with Crippen LogP contribution in [0.5, 0.6) is 0 Å². The Morgan fingerprint density at radius 3 is 3.00 bits per heavy atom. The fraction of sp³-hybridized carbons (Fsp3) is 0.500. The van der Waals surface area contributed by atoms with Crippen LogP contribution in [0.25, 0.3) is 11.4 Å². The number of aromatic nitrogens is 5. The van der Waals surface area contributed by atoms with Gasteiger partial charge in [0.2, 0.25) is 0 Å². The third-order valence-electron chi connectivity index (χ3n) is 2.82. The lowest BCUT2D eigenvalue weighted by Crippen LogP contribution is -2.11. The molecule has 0 saturated carbocycles. The van der Waals surface area contributed by atoms with E-state index in [9.17, 15) is 0 Å². The molecule has 0 atom stereocenters. The molecule has 0 spiro atoms. The van der Waals surface area contributed by atoms with Crippen LogP contribution in [0.15, 0.2) is 12.4 Å². The number of nitrogens with zero attached hydrogens (tertiary/aromatic N) is 5. The van der Waals surface area contributed by atoms with Crippen LogP contribution in [0.4, 0.5) is 0 Å². The first-order valence-electron chi connectivity index (χ1n) is 5.26. The summed E-state index contributed by atoms with van der Waals surface area (Å²) in [5, 5.41) is 12.6. The normalized spacial score (nSPS) is 15.3. The lowest BCUT2D eigenvalue weighted by atomic mass is 10.1. The molecular formula is C10H13N5. The van der Waals surface area contributed by atoms with E-state index in [2.05, 4.69) is 19.9 Å². The van der Waals surface area contributed by atoms with E-state index in [1.165, 1.54) is 12.8 Å². The summed E-state index contributed by atoms with van der Waals surface area (Å²) >= 11 is 0. The third-order valence-corrected chi connectivity index (χ3v) is 2.82. The van der Waals surface area contributed by atoms with E-state index in [0.717, 1.165) is 30.2 Å². The Morgan fingerprint density at radius 1 is 1.27 bits per heavy atom. The second-order valence-electron chi connectivity index (χ2n) is 3.95. The molecule has 2 aromatic rings. The maximum absolute atomic E-state index is 4.24. The van der Waals surface area contributed by atoms with Crippen molar-refractivity contribution in [2.75, 3.05) is 0 Å². The Bertz CT molecular complexity index is 482. The fourth-order valence-corrected chi connectivity index (χ4v) is 2.06.